The van der Waals surface area contributed by atoms with Crippen LogP contribution in [0.25, 0.3) is 10.9 Å². The molecule has 0 aliphatic rings. The van der Waals surface area contributed by atoms with Crippen LogP contribution in [0.15, 0.2) is 30.5 Å². The molecule has 2 rings (SSSR count). The van der Waals surface area contributed by atoms with E-state index in [4.69, 9.17) is 5.73 Å². The van der Waals surface area contributed by atoms with Crippen molar-refractivity contribution in [3.63, 3.8) is 0 Å². The average Bonchev–Trinajstić information content (AvgIpc) is 2.06. The van der Waals surface area contributed by atoms with Crippen molar-refractivity contribution in [2.45, 2.75) is 0 Å². The van der Waals surface area contributed by atoms with Crippen LogP contribution < -0.4 is 5.73 Å². The molecule has 0 fully saturated rings. The second-order valence-corrected chi connectivity index (χ2v) is 2.28. The number of benzene rings is 1. The highest BCUT2D eigenvalue weighted by Gasteiger charge is 1.96. The molecule has 1 heterocycles. The van der Waals surface area contributed by atoms with Gasteiger partial charge in [0.2, 0.25) is 0 Å². The fourth-order valence-corrected chi connectivity index (χ4v) is 1.01. The Morgan fingerprint density at radius 3 is 2.82 bits per heavy atom. The molecule has 3 nitrogen and oxygen atoms in total. The fourth-order valence-electron chi connectivity index (χ4n) is 1.01. The summed E-state index contributed by atoms with van der Waals surface area (Å²) in [5.74, 6) is 0. The van der Waals surface area contributed by atoms with Crippen LogP contribution in [0, 0.1) is 0 Å². The summed E-state index contributed by atoms with van der Waals surface area (Å²) < 4.78 is 0. The normalized spacial score (nSPS) is 10.2. The summed E-state index contributed by atoms with van der Waals surface area (Å²) in [4.78, 5) is 0. The van der Waals surface area contributed by atoms with Crippen LogP contribution in [0.3, 0.4) is 0 Å². The molecule has 0 bridgehead atoms. The van der Waals surface area contributed by atoms with Crippen LogP contribution in [0.5, 0.6) is 0 Å². The summed E-state index contributed by atoms with van der Waals surface area (Å²) >= 11 is 0. The monoisotopic (exact) mass is 144 g/mol. The zero-order valence-corrected chi connectivity index (χ0v) is 5.78. The van der Waals surface area contributed by atoms with Crippen LogP contribution in [-0.4, -0.2) is 10.2 Å². The minimum absolute atomic E-state index is 0.426. The van der Waals surface area contributed by atoms with E-state index in [2.05, 4.69) is 10.2 Å². The molecule has 0 saturated heterocycles. The maximum absolute atomic E-state index is 7.46. The van der Waals surface area contributed by atoms with Gasteiger partial charge in [-0.15, -0.1) is 0 Å². The number of rotatable bonds is 0. The highest BCUT2D eigenvalue weighted by atomic mass is 15.1. The fraction of sp³-hybridized carbons (Fsp3) is 0. The summed E-state index contributed by atoms with van der Waals surface area (Å²) in [5, 5.41) is 8.40. The number of fused-ring (bicyclic) bond motifs is 1. The number of aromatic nitrogens is 2. The first kappa shape index (κ1) is 6.09. The number of hydrogen-bond donors (Lipinski definition) is 0. The molecular formula is C8H6N3. The van der Waals surface area contributed by atoms with E-state index in [1.54, 1.807) is 0 Å². The van der Waals surface area contributed by atoms with Gasteiger partial charge in [0, 0.05) is 5.39 Å². The van der Waals surface area contributed by atoms with Gasteiger partial charge in [-0.2, -0.15) is 10.2 Å². The molecule has 0 unspecified atom stereocenters. The summed E-state index contributed by atoms with van der Waals surface area (Å²) in [6.07, 6.45) is 1.45. The molecule has 53 valence electrons. The lowest BCUT2D eigenvalue weighted by molar-refractivity contribution is 1.07. The Morgan fingerprint density at radius 2 is 2.00 bits per heavy atom. The molecule has 2 aromatic rings. The van der Waals surface area contributed by atoms with E-state index >= 15 is 0 Å². The Kier molecular flexibility index (Phi) is 1.22. The Bertz CT molecular complexity index is 378. The van der Waals surface area contributed by atoms with Gasteiger partial charge >= 0.3 is 0 Å². The molecule has 1 radical (unpaired) electrons. The third-order valence-electron chi connectivity index (χ3n) is 1.55. The standard InChI is InChI=1S/C8H6N3/c9-7-5-10-11-8-4-2-1-3-6(7)8/h1-5,9H. The maximum atomic E-state index is 7.46. The SMILES string of the molecule is [NH]c1cnnc2ccccc12. The van der Waals surface area contributed by atoms with E-state index in [-0.39, 0.29) is 0 Å². The van der Waals surface area contributed by atoms with Crippen LogP contribution in [-0.2, 0) is 0 Å². The molecule has 3 heteroatoms. The Labute approximate surface area is 63.9 Å². The molecular weight excluding hydrogens is 138 g/mol. The Hall–Kier alpha value is -1.64. The van der Waals surface area contributed by atoms with Crippen molar-refractivity contribution < 1.29 is 0 Å². The molecule has 0 saturated carbocycles. The minimum atomic E-state index is 0.426. The van der Waals surface area contributed by atoms with Crippen molar-refractivity contribution in [3.05, 3.63) is 30.5 Å². The molecule has 1 aromatic heterocycles. The topological polar surface area (TPSA) is 49.6 Å². The average molecular weight is 144 g/mol. The lowest BCUT2D eigenvalue weighted by atomic mass is 10.2. The minimum Gasteiger partial charge on any atom is -0.298 e. The smallest absolute Gasteiger partial charge is 0.0951 e. The lowest BCUT2D eigenvalue weighted by Gasteiger charge is -1.95. The van der Waals surface area contributed by atoms with Crippen molar-refractivity contribution in [3.8, 4) is 0 Å². The molecule has 1 aromatic carbocycles. The van der Waals surface area contributed by atoms with E-state index in [0.29, 0.717) is 5.69 Å². The first-order valence-electron chi connectivity index (χ1n) is 3.30. The van der Waals surface area contributed by atoms with Crippen LogP contribution in [0.4, 0.5) is 5.69 Å². The van der Waals surface area contributed by atoms with Crippen LogP contribution in [0.2, 0.25) is 0 Å². The number of nitrogens with zero attached hydrogens (tertiary/aromatic N) is 2. The highest BCUT2D eigenvalue weighted by Crippen LogP contribution is 2.16. The van der Waals surface area contributed by atoms with Crippen molar-refractivity contribution in [2.24, 2.45) is 0 Å². The van der Waals surface area contributed by atoms with Gasteiger partial charge in [-0.05, 0) is 6.07 Å². The molecule has 0 spiro atoms. The molecule has 0 aliphatic carbocycles. The predicted octanol–water partition coefficient (Wildman–Crippen LogP) is 1.54. The van der Waals surface area contributed by atoms with Gasteiger partial charge in [-0.25, -0.2) is 0 Å². The van der Waals surface area contributed by atoms with Gasteiger partial charge in [0.1, 0.15) is 0 Å². The zero-order chi connectivity index (χ0) is 7.68. The van der Waals surface area contributed by atoms with Crippen LogP contribution >= 0.6 is 0 Å². The maximum Gasteiger partial charge on any atom is 0.0951 e. The predicted molar refractivity (Wildman–Crippen MR) is 42.3 cm³/mol. The van der Waals surface area contributed by atoms with Crippen molar-refractivity contribution in [2.75, 3.05) is 0 Å². The van der Waals surface area contributed by atoms with Crippen molar-refractivity contribution in [1.29, 1.82) is 0 Å². The van der Waals surface area contributed by atoms with Gasteiger partial charge in [0.05, 0.1) is 17.4 Å². The second kappa shape index (κ2) is 2.20. The van der Waals surface area contributed by atoms with Gasteiger partial charge in [0.25, 0.3) is 0 Å². The number of nitrogens with one attached hydrogen (secondary N) is 1. The van der Waals surface area contributed by atoms with E-state index in [1.165, 1.54) is 6.20 Å². The van der Waals surface area contributed by atoms with Gasteiger partial charge in [-0.1, -0.05) is 18.2 Å². The van der Waals surface area contributed by atoms with E-state index in [1.807, 2.05) is 24.3 Å². The van der Waals surface area contributed by atoms with Crippen molar-refractivity contribution >= 4 is 16.6 Å². The highest BCUT2D eigenvalue weighted by molar-refractivity contribution is 5.87. The first-order valence-corrected chi connectivity index (χ1v) is 3.30. The molecule has 1 N–H and O–H groups in total. The largest absolute Gasteiger partial charge is 0.298 e. The van der Waals surface area contributed by atoms with Crippen LogP contribution in [0.1, 0.15) is 0 Å². The van der Waals surface area contributed by atoms with Gasteiger partial charge in [-0.3, -0.25) is 5.73 Å². The summed E-state index contributed by atoms with van der Waals surface area (Å²) in [6, 6.07) is 7.49. The van der Waals surface area contributed by atoms with E-state index in [9.17, 15) is 0 Å². The Balaban J connectivity index is 2.91. The molecule has 0 amide bonds. The lowest BCUT2D eigenvalue weighted by Crippen LogP contribution is -1.83. The third kappa shape index (κ3) is 0.902. The number of hydrogen-bond acceptors (Lipinski definition) is 2. The molecule has 0 aliphatic heterocycles. The van der Waals surface area contributed by atoms with Gasteiger partial charge in [0.15, 0.2) is 0 Å². The summed E-state index contributed by atoms with van der Waals surface area (Å²) in [6.45, 7) is 0. The Morgan fingerprint density at radius 1 is 1.18 bits per heavy atom. The van der Waals surface area contributed by atoms with E-state index in [0.717, 1.165) is 10.9 Å². The van der Waals surface area contributed by atoms with E-state index < -0.39 is 0 Å². The first-order chi connectivity index (χ1) is 5.38. The summed E-state index contributed by atoms with van der Waals surface area (Å²) in [5.41, 5.74) is 8.67. The molecule has 0 atom stereocenters. The third-order valence-corrected chi connectivity index (χ3v) is 1.55. The second-order valence-electron chi connectivity index (χ2n) is 2.28. The zero-order valence-electron chi connectivity index (χ0n) is 5.78. The van der Waals surface area contributed by atoms with Crippen molar-refractivity contribution in [1.82, 2.24) is 15.9 Å². The quantitative estimate of drug-likeness (QED) is 0.563. The summed E-state index contributed by atoms with van der Waals surface area (Å²) in [7, 11) is 0. The molecule has 11 heavy (non-hydrogen) atoms. The van der Waals surface area contributed by atoms with Gasteiger partial charge < -0.3 is 0 Å².